The Bertz CT molecular complexity index is 886. The van der Waals surface area contributed by atoms with Crippen molar-refractivity contribution in [2.24, 2.45) is 0 Å². The summed E-state index contributed by atoms with van der Waals surface area (Å²) in [5.74, 6) is -0.630. The van der Waals surface area contributed by atoms with Crippen molar-refractivity contribution in [3.8, 4) is 17.4 Å². The Hall–Kier alpha value is -3.28. The summed E-state index contributed by atoms with van der Waals surface area (Å²) in [6.07, 6.45) is 4.28. The second kappa shape index (κ2) is 8.89. The van der Waals surface area contributed by atoms with Gasteiger partial charge in [0, 0.05) is 11.6 Å². The molecule has 0 aliphatic rings. The number of rotatable bonds is 8. The molecule has 1 aromatic heterocycles. The highest BCUT2D eigenvalue weighted by molar-refractivity contribution is 5.97. The van der Waals surface area contributed by atoms with Gasteiger partial charge in [-0.15, -0.1) is 6.58 Å². The first kappa shape index (κ1) is 20.0. The van der Waals surface area contributed by atoms with Crippen LogP contribution in [0.3, 0.4) is 0 Å². The maximum Gasteiger partial charge on any atom is 0.340 e. The van der Waals surface area contributed by atoms with Crippen molar-refractivity contribution in [1.29, 1.82) is 0 Å². The lowest BCUT2D eigenvalue weighted by Crippen LogP contribution is -2.05. The number of carboxylic acids is 1. The average Bonchev–Trinajstić information content (AvgIpc) is 2.64. The zero-order valence-electron chi connectivity index (χ0n) is 15.7. The van der Waals surface area contributed by atoms with Crippen molar-refractivity contribution in [3.63, 3.8) is 0 Å². The van der Waals surface area contributed by atoms with Crippen LogP contribution in [-0.4, -0.2) is 35.4 Å². The lowest BCUT2D eigenvalue weighted by Gasteiger charge is -2.15. The van der Waals surface area contributed by atoms with Crippen LogP contribution < -0.4 is 9.47 Å². The summed E-state index contributed by atoms with van der Waals surface area (Å²) in [5, 5.41) is 20.2. The maximum atomic E-state index is 11.8. The van der Waals surface area contributed by atoms with Gasteiger partial charge in [-0.2, -0.15) is 0 Å². The van der Waals surface area contributed by atoms with Gasteiger partial charge < -0.3 is 19.7 Å². The summed E-state index contributed by atoms with van der Waals surface area (Å²) in [5.41, 5.74) is 2.12. The van der Waals surface area contributed by atoms with Crippen LogP contribution >= 0.6 is 0 Å². The normalized spacial score (nSPS) is 10.8. The number of carbonyl (C=O) groups is 1. The molecule has 6 heteroatoms. The minimum Gasteiger partial charge on any atom is -0.507 e. The van der Waals surface area contributed by atoms with Crippen LogP contribution in [0.2, 0.25) is 0 Å². The summed E-state index contributed by atoms with van der Waals surface area (Å²) in [6.45, 7) is 5.72. The number of benzene rings is 1. The van der Waals surface area contributed by atoms with Crippen LogP contribution in [0.15, 0.2) is 36.4 Å². The number of phenols is 1. The van der Waals surface area contributed by atoms with Gasteiger partial charge in [-0.3, -0.25) is 0 Å². The lowest BCUT2D eigenvalue weighted by atomic mass is 9.96. The van der Waals surface area contributed by atoms with Crippen molar-refractivity contribution < 1.29 is 24.5 Å². The van der Waals surface area contributed by atoms with E-state index < -0.39 is 5.97 Å². The Labute approximate surface area is 158 Å². The molecule has 0 radical (unpaired) electrons. The highest BCUT2D eigenvalue weighted by Crippen LogP contribution is 2.36. The third kappa shape index (κ3) is 4.88. The molecule has 2 aromatic rings. The highest BCUT2D eigenvalue weighted by Gasteiger charge is 2.21. The van der Waals surface area contributed by atoms with E-state index in [1.54, 1.807) is 36.4 Å². The number of carboxylic acid groups (broad SMARTS) is 1. The minimum absolute atomic E-state index is 0.174. The molecule has 27 heavy (non-hydrogen) atoms. The van der Waals surface area contributed by atoms with Gasteiger partial charge in [0.05, 0.1) is 19.9 Å². The molecule has 0 atom stereocenters. The van der Waals surface area contributed by atoms with Crippen molar-refractivity contribution in [3.05, 3.63) is 58.8 Å². The number of hydrogen-bond acceptors (Lipinski definition) is 5. The van der Waals surface area contributed by atoms with E-state index in [-0.39, 0.29) is 11.3 Å². The number of methoxy groups -OCH3 is 2. The maximum absolute atomic E-state index is 11.8. The molecule has 1 heterocycles. The minimum atomic E-state index is -1.22. The number of hydrogen-bond donors (Lipinski definition) is 2. The zero-order chi connectivity index (χ0) is 20.0. The van der Waals surface area contributed by atoms with Gasteiger partial charge in [-0.1, -0.05) is 17.7 Å². The molecule has 0 saturated heterocycles. The number of allylic oxidation sites excluding steroid dienone is 1. The molecular weight excluding hydrogens is 346 g/mol. The number of ether oxygens (including phenoxy) is 2. The molecule has 2 rings (SSSR count). The first-order chi connectivity index (χ1) is 12.9. The highest BCUT2D eigenvalue weighted by atomic mass is 16.5. The van der Waals surface area contributed by atoms with Crippen LogP contribution in [0.5, 0.6) is 17.4 Å². The van der Waals surface area contributed by atoms with Gasteiger partial charge in [0.15, 0.2) is 0 Å². The first-order valence-corrected chi connectivity index (χ1v) is 8.37. The fraction of sp³-hybridized carbons (Fsp3) is 0.238. The number of aromatic nitrogens is 1. The predicted molar refractivity (Wildman–Crippen MR) is 104 cm³/mol. The fourth-order valence-electron chi connectivity index (χ4n) is 2.64. The van der Waals surface area contributed by atoms with Crippen molar-refractivity contribution >= 4 is 18.1 Å². The smallest absolute Gasteiger partial charge is 0.340 e. The third-order valence-corrected chi connectivity index (χ3v) is 4.02. The fourth-order valence-corrected chi connectivity index (χ4v) is 2.64. The van der Waals surface area contributed by atoms with Crippen molar-refractivity contribution in [2.75, 3.05) is 14.2 Å². The second-order valence-electron chi connectivity index (χ2n) is 6.07. The van der Waals surface area contributed by atoms with Gasteiger partial charge >= 0.3 is 5.97 Å². The molecule has 6 nitrogen and oxygen atoms in total. The average molecular weight is 369 g/mol. The van der Waals surface area contributed by atoms with Crippen molar-refractivity contribution in [2.45, 2.75) is 19.8 Å². The number of aromatic hydroxyl groups is 1. The standard InChI is InChI=1S/C21H23NO5/c1-13(2)8-11-16-17(26-3)12-14(19(20(16)23)21(24)25)9-10-15-6-5-7-18(22-15)27-4/h5-7,9-10,12,23H,1,8,11H2,2-4H3,(H,24,25). The van der Waals surface area contributed by atoms with E-state index in [1.165, 1.54) is 14.2 Å². The van der Waals surface area contributed by atoms with E-state index >= 15 is 0 Å². The number of nitrogens with zero attached hydrogens (tertiary/aromatic N) is 1. The topological polar surface area (TPSA) is 88.9 Å². The van der Waals surface area contributed by atoms with Crippen LogP contribution in [0, 0.1) is 0 Å². The van der Waals surface area contributed by atoms with Gasteiger partial charge in [0.1, 0.15) is 17.1 Å². The lowest BCUT2D eigenvalue weighted by molar-refractivity contribution is 0.0693. The van der Waals surface area contributed by atoms with Crippen LogP contribution in [0.4, 0.5) is 0 Å². The van der Waals surface area contributed by atoms with Crippen LogP contribution in [-0.2, 0) is 6.42 Å². The molecule has 0 saturated carbocycles. The molecular formula is C21H23NO5. The molecule has 0 spiro atoms. The van der Waals surface area contributed by atoms with E-state index in [2.05, 4.69) is 11.6 Å². The Balaban J connectivity index is 2.51. The quantitative estimate of drug-likeness (QED) is 0.679. The first-order valence-electron chi connectivity index (χ1n) is 8.37. The van der Waals surface area contributed by atoms with E-state index in [0.717, 1.165) is 5.57 Å². The SMILES string of the molecule is C=C(C)CCc1c(OC)cc(C=Cc2cccc(OC)n2)c(C(=O)O)c1O. The monoisotopic (exact) mass is 369 g/mol. The molecule has 1 aromatic carbocycles. The molecule has 0 aliphatic heterocycles. The Morgan fingerprint density at radius 3 is 2.59 bits per heavy atom. The molecule has 2 N–H and O–H groups in total. The number of pyridine rings is 1. The van der Waals surface area contributed by atoms with E-state index in [1.807, 2.05) is 6.92 Å². The summed E-state index contributed by atoms with van der Waals surface area (Å²) < 4.78 is 10.5. The molecule has 142 valence electrons. The Morgan fingerprint density at radius 1 is 1.26 bits per heavy atom. The molecule has 0 aliphatic carbocycles. The van der Waals surface area contributed by atoms with E-state index in [0.29, 0.717) is 41.3 Å². The Kier molecular flexibility index (Phi) is 6.60. The van der Waals surface area contributed by atoms with Gasteiger partial charge in [-0.05, 0) is 43.5 Å². The summed E-state index contributed by atoms with van der Waals surface area (Å²) >= 11 is 0. The number of aromatic carboxylic acids is 1. The third-order valence-electron chi connectivity index (χ3n) is 4.02. The van der Waals surface area contributed by atoms with Gasteiger partial charge in [-0.25, -0.2) is 9.78 Å². The van der Waals surface area contributed by atoms with Crippen molar-refractivity contribution in [1.82, 2.24) is 4.98 Å². The van der Waals surface area contributed by atoms with Crippen LogP contribution in [0.25, 0.3) is 12.2 Å². The Morgan fingerprint density at radius 2 is 2.00 bits per heavy atom. The summed E-state index contributed by atoms with van der Waals surface area (Å²) in [4.78, 5) is 16.0. The van der Waals surface area contributed by atoms with Gasteiger partial charge in [0.2, 0.25) is 5.88 Å². The molecule has 0 fully saturated rings. The van der Waals surface area contributed by atoms with Crippen LogP contribution in [0.1, 0.15) is 40.5 Å². The summed E-state index contributed by atoms with van der Waals surface area (Å²) in [7, 11) is 3.00. The largest absolute Gasteiger partial charge is 0.507 e. The zero-order valence-corrected chi connectivity index (χ0v) is 15.7. The molecule has 0 unspecified atom stereocenters. The molecule has 0 amide bonds. The van der Waals surface area contributed by atoms with E-state index in [4.69, 9.17) is 9.47 Å². The van der Waals surface area contributed by atoms with Gasteiger partial charge in [0.25, 0.3) is 0 Å². The summed E-state index contributed by atoms with van der Waals surface area (Å²) in [6, 6.07) is 6.86. The molecule has 0 bridgehead atoms. The second-order valence-corrected chi connectivity index (χ2v) is 6.07. The van der Waals surface area contributed by atoms with E-state index in [9.17, 15) is 15.0 Å². The predicted octanol–water partition coefficient (Wildman–Crippen LogP) is 4.18.